The van der Waals surface area contributed by atoms with Crippen LogP contribution in [0.25, 0.3) is 10.2 Å². The van der Waals surface area contributed by atoms with Gasteiger partial charge in [-0.15, -0.1) is 11.3 Å². The topological polar surface area (TPSA) is 83.6 Å². The fourth-order valence-electron chi connectivity index (χ4n) is 5.32. The number of thiazole rings is 1. The third kappa shape index (κ3) is 8.62. The number of amides is 2. The Morgan fingerprint density at radius 1 is 1.22 bits per heavy atom. The number of nitrogens with one attached hydrogen (secondary N) is 2. The van der Waals surface area contributed by atoms with Gasteiger partial charge in [0.25, 0.3) is 0 Å². The van der Waals surface area contributed by atoms with Crippen molar-refractivity contribution >= 4 is 33.4 Å². The van der Waals surface area contributed by atoms with Crippen molar-refractivity contribution in [2.24, 2.45) is 5.92 Å². The smallest absolute Gasteiger partial charge is 0.247 e. The molecule has 0 spiro atoms. The van der Waals surface area contributed by atoms with E-state index in [1.807, 2.05) is 0 Å². The largest absolute Gasteiger partial charge is 0.379 e. The van der Waals surface area contributed by atoms with Crippen LogP contribution in [0, 0.1) is 5.92 Å². The summed E-state index contributed by atoms with van der Waals surface area (Å²) in [5, 5.41) is 7.27. The highest BCUT2D eigenvalue weighted by atomic mass is 32.1. The van der Waals surface area contributed by atoms with Gasteiger partial charge < -0.3 is 15.4 Å². The van der Waals surface area contributed by atoms with E-state index in [1.165, 1.54) is 42.4 Å². The Labute approximate surface area is 225 Å². The predicted molar refractivity (Wildman–Crippen MR) is 150 cm³/mol. The first-order chi connectivity index (χ1) is 18.0. The van der Waals surface area contributed by atoms with Gasteiger partial charge in [0.05, 0.1) is 28.4 Å². The average Bonchev–Trinajstić information content (AvgIpc) is 3.33. The van der Waals surface area contributed by atoms with Crippen LogP contribution >= 0.6 is 11.3 Å². The summed E-state index contributed by atoms with van der Waals surface area (Å²) in [6.07, 6.45) is 9.16. The molecule has 1 saturated heterocycles. The number of fused-ring (bicyclic) bond motifs is 1. The summed E-state index contributed by atoms with van der Waals surface area (Å²) in [6, 6.07) is 6.33. The number of aromatic nitrogens is 1. The van der Waals surface area contributed by atoms with Gasteiger partial charge in [0.1, 0.15) is 0 Å². The molecule has 7 nitrogen and oxygen atoms in total. The quantitative estimate of drug-likeness (QED) is 0.404. The van der Waals surface area contributed by atoms with Crippen molar-refractivity contribution in [3.63, 3.8) is 0 Å². The summed E-state index contributed by atoms with van der Waals surface area (Å²) in [5.41, 5.74) is 2.88. The van der Waals surface area contributed by atoms with Crippen LogP contribution in [0.1, 0.15) is 62.4 Å². The molecule has 4 rings (SSSR count). The van der Waals surface area contributed by atoms with E-state index >= 15 is 0 Å². The molecule has 1 aromatic heterocycles. The number of rotatable bonds is 12. The highest BCUT2D eigenvalue weighted by Gasteiger charge is 2.22. The standard InChI is InChI=1S/C29H42N4O3S/c1-3-22-9-10-25-26(18-22)37-28(32-25)12-11-27(34)31-24(17-23-7-5-4-6-8-23)19-30-29(35)21(2)20-33-13-15-36-16-14-33/h9-10,18,23-24H,2-8,11-17,19-20H2,1H3,(H,30,35)(H,31,34). The molecule has 2 N–H and O–H groups in total. The van der Waals surface area contributed by atoms with Crippen molar-refractivity contribution in [3.05, 3.63) is 40.9 Å². The van der Waals surface area contributed by atoms with Gasteiger partial charge >= 0.3 is 0 Å². The summed E-state index contributed by atoms with van der Waals surface area (Å²) >= 11 is 1.68. The molecule has 8 heteroatoms. The third-order valence-corrected chi connectivity index (χ3v) is 8.61. The molecule has 0 radical (unpaired) electrons. The lowest BCUT2D eigenvalue weighted by Crippen LogP contribution is -2.46. The normalized spacial score (nSPS) is 18.0. The van der Waals surface area contributed by atoms with Crippen molar-refractivity contribution in [1.82, 2.24) is 20.5 Å². The van der Waals surface area contributed by atoms with E-state index in [4.69, 9.17) is 9.72 Å². The van der Waals surface area contributed by atoms with E-state index in [0.29, 0.717) is 50.6 Å². The van der Waals surface area contributed by atoms with Gasteiger partial charge in [-0.1, -0.05) is 51.7 Å². The van der Waals surface area contributed by atoms with Crippen LogP contribution in [0.4, 0.5) is 0 Å². The second kappa shape index (κ2) is 14.0. The lowest BCUT2D eigenvalue weighted by molar-refractivity contribution is -0.122. The summed E-state index contributed by atoms with van der Waals surface area (Å²) < 4.78 is 6.57. The first-order valence-electron chi connectivity index (χ1n) is 13.9. The number of ether oxygens (including phenoxy) is 1. The number of carbonyl (C=O) groups is 2. The maximum Gasteiger partial charge on any atom is 0.247 e. The van der Waals surface area contributed by atoms with Gasteiger partial charge in [0.15, 0.2) is 0 Å². The second-order valence-electron chi connectivity index (χ2n) is 10.5. The van der Waals surface area contributed by atoms with Crippen LogP contribution in [0.3, 0.4) is 0 Å². The molecule has 37 heavy (non-hydrogen) atoms. The van der Waals surface area contributed by atoms with E-state index in [1.54, 1.807) is 11.3 Å². The molecule has 2 amide bonds. The average molecular weight is 527 g/mol. The summed E-state index contributed by atoms with van der Waals surface area (Å²) in [4.78, 5) is 32.6. The Morgan fingerprint density at radius 3 is 2.76 bits per heavy atom. The molecule has 1 unspecified atom stereocenters. The zero-order valence-electron chi connectivity index (χ0n) is 22.2. The third-order valence-electron chi connectivity index (χ3n) is 7.53. The van der Waals surface area contributed by atoms with Crippen LogP contribution in [0.5, 0.6) is 0 Å². The van der Waals surface area contributed by atoms with Crippen LogP contribution in [0.15, 0.2) is 30.4 Å². The molecular formula is C29H42N4O3S. The first-order valence-corrected chi connectivity index (χ1v) is 14.8. The molecule has 2 aromatic rings. The maximum atomic E-state index is 12.9. The Hall–Kier alpha value is -2.29. The van der Waals surface area contributed by atoms with Crippen molar-refractivity contribution in [1.29, 1.82) is 0 Å². The zero-order valence-corrected chi connectivity index (χ0v) is 23.0. The molecule has 202 valence electrons. The summed E-state index contributed by atoms with van der Waals surface area (Å²) in [7, 11) is 0. The van der Waals surface area contributed by atoms with Crippen molar-refractivity contribution in [2.75, 3.05) is 39.4 Å². The molecular weight excluding hydrogens is 484 g/mol. The summed E-state index contributed by atoms with van der Waals surface area (Å²) in [6.45, 7) is 10.2. The Balaban J connectivity index is 1.28. The van der Waals surface area contributed by atoms with Crippen molar-refractivity contribution in [3.8, 4) is 0 Å². The maximum absolute atomic E-state index is 12.9. The number of morpholine rings is 1. The zero-order chi connectivity index (χ0) is 26.0. The molecule has 1 aromatic carbocycles. The summed E-state index contributed by atoms with van der Waals surface area (Å²) in [5.74, 6) is 0.496. The van der Waals surface area contributed by atoms with Gasteiger partial charge in [-0.25, -0.2) is 4.98 Å². The molecule has 1 aliphatic heterocycles. The van der Waals surface area contributed by atoms with E-state index in [0.717, 1.165) is 36.5 Å². The minimum Gasteiger partial charge on any atom is -0.379 e. The number of hydrogen-bond donors (Lipinski definition) is 2. The molecule has 2 aliphatic rings. The van der Waals surface area contributed by atoms with Gasteiger partial charge in [0.2, 0.25) is 11.8 Å². The van der Waals surface area contributed by atoms with Crippen molar-refractivity contribution in [2.45, 2.75) is 70.8 Å². The second-order valence-corrected chi connectivity index (χ2v) is 11.6. The van der Waals surface area contributed by atoms with Gasteiger partial charge in [0, 0.05) is 50.6 Å². The Bertz CT molecular complexity index is 1060. The SMILES string of the molecule is C=C(CN1CCOCC1)C(=O)NCC(CC1CCCCC1)NC(=O)CCc1nc2ccc(CC)cc2s1. The van der Waals surface area contributed by atoms with E-state index in [2.05, 4.69) is 47.2 Å². The number of carbonyl (C=O) groups excluding carboxylic acids is 2. The van der Waals surface area contributed by atoms with Crippen LogP contribution < -0.4 is 10.6 Å². The van der Waals surface area contributed by atoms with Crippen LogP contribution in [0.2, 0.25) is 0 Å². The molecule has 2 heterocycles. The van der Waals surface area contributed by atoms with Crippen molar-refractivity contribution < 1.29 is 14.3 Å². The highest BCUT2D eigenvalue weighted by molar-refractivity contribution is 7.18. The fraction of sp³-hybridized carbons (Fsp3) is 0.621. The lowest BCUT2D eigenvalue weighted by atomic mass is 9.84. The lowest BCUT2D eigenvalue weighted by Gasteiger charge is -2.28. The van der Waals surface area contributed by atoms with E-state index in [-0.39, 0.29) is 17.9 Å². The monoisotopic (exact) mass is 526 g/mol. The molecule has 0 bridgehead atoms. The molecule has 1 saturated carbocycles. The predicted octanol–water partition coefficient (Wildman–Crippen LogP) is 4.25. The van der Waals surface area contributed by atoms with Gasteiger partial charge in [-0.05, 0) is 36.5 Å². The Kier molecular flexibility index (Phi) is 10.5. The number of hydrogen-bond acceptors (Lipinski definition) is 6. The minimum atomic E-state index is -0.129. The van der Waals surface area contributed by atoms with E-state index in [9.17, 15) is 9.59 Å². The van der Waals surface area contributed by atoms with Gasteiger partial charge in [-0.2, -0.15) is 0 Å². The molecule has 1 atom stereocenters. The fourth-order valence-corrected chi connectivity index (χ4v) is 6.35. The first kappa shape index (κ1) is 27.7. The minimum absolute atomic E-state index is 0.0238. The number of benzene rings is 1. The van der Waals surface area contributed by atoms with Gasteiger partial charge in [-0.3, -0.25) is 14.5 Å². The molecule has 2 fully saturated rings. The molecule has 1 aliphatic carbocycles. The van der Waals surface area contributed by atoms with Crippen LogP contribution in [-0.2, 0) is 27.2 Å². The van der Waals surface area contributed by atoms with Crippen LogP contribution in [-0.4, -0.2) is 67.1 Å². The number of nitrogens with zero attached hydrogens (tertiary/aromatic N) is 2. The Morgan fingerprint density at radius 2 is 2.00 bits per heavy atom. The number of aryl methyl sites for hydroxylation is 2. The van der Waals surface area contributed by atoms with E-state index < -0.39 is 0 Å². The highest BCUT2D eigenvalue weighted by Crippen LogP contribution is 2.28.